The number of halogens is 2. The summed E-state index contributed by atoms with van der Waals surface area (Å²) < 4.78 is 0. The number of hydrogen-bond donors (Lipinski definition) is 2. The fourth-order valence-electron chi connectivity index (χ4n) is 2.01. The fraction of sp³-hybridized carbons (Fsp3) is 0.462. The highest BCUT2D eigenvalue weighted by molar-refractivity contribution is 6.43. The summed E-state index contributed by atoms with van der Waals surface area (Å²) in [4.78, 5) is 12.1. The summed E-state index contributed by atoms with van der Waals surface area (Å²) in [7, 11) is 0. The van der Waals surface area contributed by atoms with Crippen LogP contribution in [0.3, 0.4) is 0 Å². The molecule has 18 heavy (non-hydrogen) atoms. The second-order valence-electron chi connectivity index (χ2n) is 5.31. The first-order valence-corrected chi connectivity index (χ1v) is 6.64. The van der Waals surface area contributed by atoms with Crippen LogP contribution < -0.4 is 11.1 Å². The van der Waals surface area contributed by atoms with Gasteiger partial charge in [-0.1, -0.05) is 23.2 Å². The minimum atomic E-state index is -0.196. The minimum Gasteiger partial charge on any atom is -0.397 e. The number of rotatable bonds is 3. The van der Waals surface area contributed by atoms with Crippen molar-refractivity contribution in [3.63, 3.8) is 0 Å². The van der Waals surface area contributed by atoms with Crippen LogP contribution in [-0.4, -0.2) is 11.4 Å². The number of nitrogens with two attached hydrogens (primary N) is 1. The zero-order valence-electron chi connectivity index (χ0n) is 10.4. The van der Waals surface area contributed by atoms with Crippen molar-refractivity contribution in [1.82, 2.24) is 5.32 Å². The summed E-state index contributed by atoms with van der Waals surface area (Å²) >= 11 is 11.8. The summed E-state index contributed by atoms with van der Waals surface area (Å²) in [5, 5.41) is 3.60. The molecule has 98 valence electrons. The quantitative estimate of drug-likeness (QED) is 0.836. The molecule has 1 aromatic carbocycles. The number of carbonyl (C=O) groups is 1. The van der Waals surface area contributed by atoms with E-state index >= 15 is 0 Å². The van der Waals surface area contributed by atoms with Gasteiger partial charge in [-0.2, -0.15) is 0 Å². The van der Waals surface area contributed by atoms with Crippen LogP contribution in [0, 0.1) is 5.92 Å². The lowest BCUT2D eigenvalue weighted by Crippen LogP contribution is -2.45. The van der Waals surface area contributed by atoms with E-state index in [0.29, 0.717) is 22.2 Å². The SMILES string of the molecule is CC(C)(NC(=O)c1cc(N)c(Cl)c(Cl)c1)C1CC1. The van der Waals surface area contributed by atoms with E-state index in [-0.39, 0.29) is 16.5 Å². The highest BCUT2D eigenvalue weighted by Crippen LogP contribution is 2.39. The standard InChI is InChI=1S/C13H16Cl2N2O/c1-13(2,8-3-4-8)17-12(18)7-5-9(14)11(15)10(16)6-7/h5-6,8H,3-4,16H2,1-2H3,(H,17,18). The van der Waals surface area contributed by atoms with E-state index in [9.17, 15) is 4.79 Å². The van der Waals surface area contributed by atoms with Gasteiger partial charge in [0.15, 0.2) is 0 Å². The third-order valence-corrected chi connectivity index (χ3v) is 4.17. The van der Waals surface area contributed by atoms with Crippen molar-refractivity contribution in [2.24, 2.45) is 5.92 Å². The highest BCUT2D eigenvalue weighted by Gasteiger charge is 2.38. The number of anilines is 1. The second-order valence-corrected chi connectivity index (χ2v) is 6.10. The maximum atomic E-state index is 12.1. The predicted octanol–water partition coefficient (Wildman–Crippen LogP) is 3.49. The van der Waals surface area contributed by atoms with E-state index < -0.39 is 0 Å². The topological polar surface area (TPSA) is 55.1 Å². The van der Waals surface area contributed by atoms with Crippen molar-refractivity contribution < 1.29 is 4.79 Å². The van der Waals surface area contributed by atoms with Crippen LogP contribution in [-0.2, 0) is 0 Å². The molecule has 1 aliphatic carbocycles. The molecule has 0 aliphatic heterocycles. The van der Waals surface area contributed by atoms with Crippen LogP contribution >= 0.6 is 23.2 Å². The zero-order chi connectivity index (χ0) is 13.5. The average molecular weight is 287 g/mol. The first kappa shape index (κ1) is 13.5. The number of hydrogen-bond acceptors (Lipinski definition) is 2. The van der Waals surface area contributed by atoms with Gasteiger partial charge >= 0.3 is 0 Å². The van der Waals surface area contributed by atoms with Gasteiger partial charge < -0.3 is 11.1 Å². The van der Waals surface area contributed by atoms with Crippen molar-refractivity contribution in [2.45, 2.75) is 32.2 Å². The Morgan fingerprint density at radius 3 is 2.50 bits per heavy atom. The Bertz CT molecular complexity index is 473. The normalized spacial score (nSPS) is 15.6. The Kier molecular flexibility index (Phi) is 3.47. The van der Waals surface area contributed by atoms with Crippen LogP contribution in [0.2, 0.25) is 10.0 Å². The van der Waals surface area contributed by atoms with Gasteiger partial charge in [0.1, 0.15) is 0 Å². The van der Waals surface area contributed by atoms with E-state index in [1.165, 1.54) is 0 Å². The number of benzene rings is 1. The smallest absolute Gasteiger partial charge is 0.251 e. The molecule has 0 heterocycles. The molecule has 0 spiro atoms. The Morgan fingerprint density at radius 2 is 2.00 bits per heavy atom. The van der Waals surface area contributed by atoms with Crippen molar-refractivity contribution in [2.75, 3.05) is 5.73 Å². The molecule has 2 rings (SSSR count). The second kappa shape index (κ2) is 4.63. The van der Waals surface area contributed by atoms with Crippen molar-refractivity contribution in [3.8, 4) is 0 Å². The van der Waals surface area contributed by atoms with Crippen molar-refractivity contribution >= 4 is 34.8 Å². The number of nitrogens with one attached hydrogen (secondary N) is 1. The van der Waals surface area contributed by atoms with Gasteiger partial charge in [-0.25, -0.2) is 0 Å². The number of nitrogen functional groups attached to an aromatic ring is 1. The largest absolute Gasteiger partial charge is 0.397 e. The van der Waals surface area contributed by atoms with Gasteiger partial charge in [0, 0.05) is 11.1 Å². The molecule has 0 radical (unpaired) electrons. The van der Waals surface area contributed by atoms with E-state index in [4.69, 9.17) is 28.9 Å². The fourth-order valence-corrected chi connectivity index (χ4v) is 2.35. The molecule has 1 amide bonds. The molecule has 1 aliphatic rings. The first-order chi connectivity index (χ1) is 8.31. The Labute approximate surface area is 117 Å². The van der Waals surface area contributed by atoms with Crippen LogP contribution in [0.1, 0.15) is 37.0 Å². The Hall–Kier alpha value is -0.930. The third kappa shape index (κ3) is 2.73. The molecule has 0 saturated heterocycles. The zero-order valence-corrected chi connectivity index (χ0v) is 11.9. The summed E-state index contributed by atoms with van der Waals surface area (Å²) in [6, 6.07) is 3.09. The summed E-state index contributed by atoms with van der Waals surface area (Å²) in [5.74, 6) is 0.388. The van der Waals surface area contributed by atoms with Crippen LogP contribution in [0.4, 0.5) is 5.69 Å². The monoisotopic (exact) mass is 286 g/mol. The third-order valence-electron chi connectivity index (χ3n) is 3.35. The summed E-state index contributed by atoms with van der Waals surface area (Å²) in [6.45, 7) is 4.06. The Morgan fingerprint density at radius 1 is 1.39 bits per heavy atom. The van der Waals surface area contributed by atoms with E-state index in [1.54, 1.807) is 12.1 Å². The van der Waals surface area contributed by atoms with Gasteiger partial charge in [-0.15, -0.1) is 0 Å². The molecule has 0 bridgehead atoms. The lowest BCUT2D eigenvalue weighted by Gasteiger charge is -2.26. The van der Waals surface area contributed by atoms with Crippen LogP contribution in [0.5, 0.6) is 0 Å². The highest BCUT2D eigenvalue weighted by atomic mass is 35.5. The van der Waals surface area contributed by atoms with Crippen LogP contribution in [0.15, 0.2) is 12.1 Å². The summed E-state index contributed by atoms with van der Waals surface area (Å²) in [5.41, 5.74) is 6.26. The molecule has 3 N–H and O–H groups in total. The molecule has 1 saturated carbocycles. The molecular formula is C13H16Cl2N2O. The van der Waals surface area contributed by atoms with Gasteiger partial charge in [0.25, 0.3) is 5.91 Å². The molecule has 0 aromatic heterocycles. The lowest BCUT2D eigenvalue weighted by atomic mass is 9.98. The van der Waals surface area contributed by atoms with Gasteiger partial charge in [-0.05, 0) is 44.7 Å². The maximum Gasteiger partial charge on any atom is 0.251 e. The number of amides is 1. The van der Waals surface area contributed by atoms with Gasteiger partial charge in [0.05, 0.1) is 15.7 Å². The molecule has 3 nitrogen and oxygen atoms in total. The van der Waals surface area contributed by atoms with Gasteiger partial charge in [-0.3, -0.25) is 4.79 Å². The molecule has 1 aromatic rings. The van der Waals surface area contributed by atoms with E-state index in [1.807, 2.05) is 13.8 Å². The van der Waals surface area contributed by atoms with Crippen LogP contribution in [0.25, 0.3) is 0 Å². The molecule has 0 unspecified atom stereocenters. The molecule has 0 atom stereocenters. The molecule has 1 fully saturated rings. The minimum absolute atomic E-state index is 0.169. The number of carbonyl (C=O) groups excluding carboxylic acids is 1. The lowest BCUT2D eigenvalue weighted by molar-refractivity contribution is 0.0903. The van der Waals surface area contributed by atoms with Crippen molar-refractivity contribution in [3.05, 3.63) is 27.7 Å². The first-order valence-electron chi connectivity index (χ1n) is 5.88. The van der Waals surface area contributed by atoms with E-state index in [2.05, 4.69) is 5.32 Å². The maximum absolute atomic E-state index is 12.1. The molecule has 5 heteroatoms. The van der Waals surface area contributed by atoms with Crippen molar-refractivity contribution in [1.29, 1.82) is 0 Å². The predicted molar refractivity (Wildman–Crippen MR) is 75.1 cm³/mol. The summed E-state index contributed by atoms with van der Waals surface area (Å²) in [6.07, 6.45) is 2.33. The van der Waals surface area contributed by atoms with Gasteiger partial charge in [0.2, 0.25) is 0 Å². The molecular weight excluding hydrogens is 271 g/mol. The Balaban J connectivity index is 2.18. The van der Waals surface area contributed by atoms with E-state index in [0.717, 1.165) is 12.8 Å². The average Bonchev–Trinajstić information content (AvgIpc) is 3.08.